The molecule has 0 saturated carbocycles. The van der Waals surface area contributed by atoms with Crippen LogP contribution in [0.2, 0.25) is 0 Å². The number of nitrogens with one attached hydrogen (secondary N) is 1. The van der Waals surface area contributed by atoms with Crippen molar-refractivity contribution in [2.75, 3.05) is 13.2 Å². The predicted octanol–water partition coefficient (Wildman–Crippen LogP) is -3.76. The van der Waals surface area contributed by atoms with Gasteiger partial charge in [0.15, 0.2) is 6.10 Å². The number of aliphatic carboxylic acids is 1. The van der Waals surface area contributed by atoms with Gasteiger partial charge in [0.25, 0.3) is 5.79 Å². The molecule has 6 atom stereocenters. The van der Waals surface area contributed by atoms with Gasteiger partial charge in [0.2, 0.25) is 5.91 Å². The number of hydrogen-bond donors (Lipinski definition) is 6. The molecule has 1 rings (SSSR count). The minimum Gasteiger partial charge on any atom is -0.477 e. The highest BCUT2D eigenvalue weighted by atomic mass is 16.7. The molecule has 1 aliphatic heterocycles. The Labute approximate surface area is 158 Å². The molecule has 1 saturated heterocycles. The van der Waals surface area contributed by atoms with Gasteiger partial charge in [-0.15, -0.1) is 0 Å². The Morgan fingerprint density at radius 1 is 1.25 bits per heavy atom. The van der Waals surface area contributed by atoms with E-state index in [-0.39, 0.29) is 0 Å². The van der Waals surface area contributed by atoms with Crippen molar-refractivity contribution in [2.24, 2.45) is 0 Å². The van der Waals surface area contributed by atoms with E-state index in [1.165, 1.54) is 0 Å². The predicted molar refractivity (Wildman–Crippen MR) is 85.3 cm³/mol. The molecular formula is C15H23NO12. The quantitative estimate of drug-likeness (QED) is 0.214. The van der Waals surface area contributed by atoms with Crippen LogP contribution in [0.25, 0.3) is 0 Å². The zero-order chi connectivity index (χ0) is 21.6. The lowest BCUT2D eigenvalue weighted by Crippen LogP contribution is -2.68. The van der Waals surface area contributed by atoms with Gasteiger partial charge in [-0.2, -0.15) is 0 Å². The van der Waals surface area contributed by atoms with E-state index in [9.17, 15) is 39.6 Å². The van der Waals surface area contributed by atoms with Crippen LogP contribution in [0.3, 0.4) is 0 Å². The van der Waals surface area contributed by atoms with E-state index in [1.54, 1.807) is 0 Å². The molecule has 0 bridgehead atoms. The zero-order valence-electron chi connectivity index (χ0n) is 15.1. The molecule has 3 unspecified atom stereocenters. The van der Waals surface area contributed by atoms with E-state index in [4.69, 9.17) is 14.6 Å². The number of ether oxygens (including phenoxy) is 3. The first-order valence-electron chi connectivity index (χ1n) is 8.11. The summed E-state index contributed by atoms with van der Waals surface area (Å²) in [6, 6.07) is -1.49. The van der Waals surface area contributed by atoms with Crippen molar-refractivity contribution in [3.05, 3.63) is 0 Å². The van der Waals surface area contributed by atoms with Gasteiger partial charge in [0.05, 0.1) is 12.1 Å². The Hall–Kier alpha value is -2.32. The summed E-state index contributed by atoms with van der Waals surface area (Å²) in [7, 11) is 0. The van der Waals surface area contributed by atoms with E-state index in [0.717, 1.165) is 13.8 Å². The summed E-state index contributed by atoms with van der Waals surface area (Å²) in [4.78, 5) is 45.3. The minimum atomic E-state index is -2.93. The van der Waals surface area contributed by atoms with Gasteiger partial charge in [-0.1, -0.05) is 0 Å². The number of aliphatic hydroxyl groups is 4. The van der Waals surface area contributed by atoms with Crippen molar-refractivity contribution in [1.82, 2.24) is 5.32 Å². The summed E-state index contributed by atoms with van der Waals surface area (Å²) < 4.78 is 14.6. The maximum Gasteiger partial charge on any atom is 0.364 e. The van der Waals surface area contributed by atoms with Crippen molar-refractivity contribution in [3.8, 4) is 0 Å². The van der Waals surface area contributed by atoms with Crippen LogP contribution in [0.4, 0.5) is 0 Å². The maximum atomic E-state index is 11.5. The molecule has 1 aliphatic rings. The fourth-order valence-corrected chi connectivity index (χ4v) is 2.65. The van der Waals surface area contributed by atoms with Crippen molar-refractivity contribution < 1.29 is 58.9 Å². The van der Waals surface area contributed by atoms with Crippen LogP contribution < -0.4 is 5.32 Å². The fourth-order valence-electron chi connectivity index (χ4n) is 2.65. The SMILES string of the molecule is CC(=O)OCC(O)C(OC(C)=O)[C@@H]1OC(O)(C(=O)O)C[C@H](O)[C@H]1NC(=O)CO. The summed E-state index contributed by atoms with van der Waals surface area (Å²) in [5.41, 5.74) is 0. The van der Waals surface area contributed by atoms with Crippen molar-refractivity contribution >= 4 is 23.8 Å². The number of carboxylic acid groups (broad SMARTS) is 1. The Kier molecular flexibility index (Phi) is 8.26. The number of carbonyl (C=O) groups excluding carboxylic acids is 3. The first kappa shape index (κ1) is 23.7. The molecule has 0 aromatic heterocycles. The normalized spacial score (nSPS) is 29.3. The molecule has 1 heterocycles. The van der Waals surface area contributed by atoms with Gasteiger partial charge in [-0.25, -0.2) is 4.79 Å². The highest BCUT2D eigenvalue weighted by molar-refractivity contribution is 5.78. The van der Waals surface area contributed by atoms with E-state index in [0.29, 0.717) is 0 Å². The lowest BCUT2D eigenvalue weighted by atomic mass is 9.88. The van der Waals surface area contributed by atoms with Crippen molar-refractivity contribution in [2.45, 2.75) is 56.5 Å². The largest absolute Gasteiger partial charge is 0.477 e. The number of carbonyl (C=O) groups is 4. The third-order valence-electron chi connectivity index (χ3n) is 3.85. The van der Waals surface area contributed by atoms with E-state index >= 15 is 0 Å². The summed E-state index contributed by atoms with van der Waals surface area (Å²) >= 11 is 0. The smallest absolute Gasteiger partial charge is 0.364 e. The van der Waals surface area contributed by atoms with Crippen LogP contribution in [-0.2, 0) is 33.4 Å². The fraction of sp³-hybridized carbons (Fsp3) is 0.733. The lowest BCUT2D eigenvalue weighted by Gasteiger charge is -2.45. The standard InChI is InChI=1S/C15H23NO12/c1-6(18)26-5-9(21)12(27-7(2)19)13-11(16-10(22)4-17)8(20)3-15(25,28-13)14(23)24/h8-9,11-13,17,20-21,25H,3-5H2,1-2H3,(H,16,22)(H,23,24)/t8-,9?,11+,12?,13+,15?/m0/s1. The molecule has 1 fully saturated rings. The third kappa shape index (κ3) is 6.10. The molecule has 6 N–H and O–H groups in total. The highest BCUT2D eigenvalue weighted by Gasteiger charge is 2.55. The number of esters is 2. The van der Waals surface area contributed by atoms with Crippen LogP contribution in [0.15, 0.2) is 0 Å². The van der Waals surface area contributed by atoms with Gasteiger partial charge in [0.1, 0.15) is 25.4 Å². The average molecular weight is 409 g/mol. The number of hydrogen-bond acceptors (Lipinski definition) is 11. The second-order valence-corrected chi connectivity index (χ2v) is 6.14. The monoisotopic (exact) mass is 409 g/mol. The number of aliphatic hydroxyl groups excluding tert-OH is 3. The summed E-state index contributed by atoms with van der Waals surface area (Å²) in [6.07, 6.45) is -7.91. The topological polar surface area (TPSA) is 209 Å². The third-order valence-corrected chi connectivity index (χ3v) is 3.85. The van der Waals surface area contributed by atoms with Gasteiger partial charge in [-0.05, 0) is 0 Å². The molecule has 0 spiro atoms. The Bertz CT molecular complexity index is 610. The van der Waals surface area contributed by atoms with E-state index in [2.05, 4.69) is 10.1 Å². The van der Waals surface area contributed by atoms with Crippen molar-refractivity contribution in [3.63, 3.8) is 0 Å². The molecule has 13 heteroatoms. The van der Waals surface area contributed by atoms with Crippen LogP contribution >= 0.6 is 0 Å². The van der Waals surface area contributed by atoms with Crippen LogP contribution in [0.1, 0.15) is 20.3 Å². The molecule has 0 aromatic carbocycles. The summed E-state index contributed by atoms with van der Waals surface area (Å²) in [5.74, 6) is -7.53. The molecule has 1 amide bonds. The first-order chi connectivity index (χ1) is 12.9. The first-order valence-corrected chi connectivity index (χ1v) is 8.11. The number of amides is 1. The molecule has 0 aliphatic carbocycles. The van der Waals surface area contributed by atoms with Gasteiger partial charge < -0.3 is 45.1 Å². The molecule has 0 radical (unpaired) electrons. The molecular weight excluding hydrogens is 386 g/mol. The van der Waals surface area contributed by atoms with E-state index < -0.39 is 79.7 Å². The Morgan fingerprint density at radius 2 is 1.86 bits per heavy atom. The Balaban J connectivity index is 3.27. The van der Waals surface area contributed by atoms with Gasteiger partial charge >= 0.3 is 17.9 Å². The Morgan fingerprint density at radius 3 is 2.32 bits per heavy atom. The number of carboxylic acids is 1. The molecule has 0 aromatic rings. The van der Waals surface area contributed by atoms with Crippen LogP contribution in [0, 0.1) is 0 Å². The minimum absolute atomic E-state index is 0.699. The molecule has 28 heavy (non-hydrogen) atoms. The van der Waals surface area contributed by atoms with Gasteiger partial charge in [-0.3, -0.25) is 14.4 Å². The van der Waals surface area contributed by atoms with Crippen LogP contribution in [-0.4, -0.2) is 98.8 Å². The van der Waals surface area contributed by atoms with Gasteiger partial charge in [0, 0.05) is 20.3 Å². The number of rotatable bonds is 8. The zero-order valence-corrected chi connectivity index (χ0v) is 15.1. The highest BCUT2D eigenvalue weighted by Crippen LogP contribution is 2.31. The average Bonchev–Trinajstić information content (AvgIpc) is 2.59. The molecule has 160 valence electrons. The second-order valence-electron chi connectivity index (χ2n) is 6.14. The van der Waals surface area contributed by atoms with E-state index in [1.807, 2.05) is 0 Å². The lowest BCUT2D eigenvalue weighted by molar-refractivity contribution is -0.296. The summed E-state index contributed by atoms with van der Waals surface area (Å²) in [6.45, 7) is 0.306. The van der Waals surface area contributed by atoms with Crippen molar-refractivity contribution in [1.29, 1.82) is 0 Å². The maximum absolute atomic E-state index is 11.5. The summed E-state index contributed by atoms with van der Waals surface area (Å²) in [5, 5.41) is 50.8. The van der Waals surface area contributed by atoms with Crippen LogP contribution in [0.5, 0.6) is 0 Å². The molecule has 13 nitrogen and oxygen atoms in total. The second kappa shape index (κ2) is 9.75.